The van der Waals surface area contributed by atoms with E-state index in [1.807, 2.05) is 0 Å². The summed E-state index contributed by atoms with van der Waals surface area (Å²) in [5.41, 5.74) is 0. The van der Waals surface area contributed by atoms with Gasteiger partial charge in [0.1, 0.15) is 0 Å². The summed E-state index contributed by atoms with van der Waals surface area (Å²) in [5, 5.41) is 40.7. The molecule has 0 aromatic carbocycles. The van der Waals surface area contributed by atoms with Crippen molar-refractivity contribution in [1.29, 1.82) is 0 Å². The van der Waals surface area contributed by atoms with E-state index in [4.69, 9.17) is 11.2 Å². The third kappa shape index (κ3) is 44.5. The number of carbonyl (C=O) groups excluding carboxylic acids is 5. The van der Waals surface area contributed by atoms with Gasteiger partial charge in [0, 0.05) is 65.3 Å². The summed E-state index contributed by atoms with van der Waals surface area (Å²) in [7, 11) is 0. The molecule has 0 atom stereocenters. The topological polar surface area (TPSA) is 192 Å². The van der Waals surface area contributed by atoms with Crippen molar-refractivity contribution < 1.29 is 39.6 Å². The summed E-state index contributed by atoms with van der Waals surface area (Å²) in [6.07, 6.45) is 46.5. The molecule has 0 heterocycles. The van der Waals surface area contributed by atoms with E-state index < -0.39 is 23.7 Å². The van der Waals surface area contributed by atoms with E-state index in [2.05, 4.69) is 36.7 Å². The molecule has 0 aromatic rings. The van der Waals surface area contributed by atoms with Gasteiger partial charge in [0.05, 0.1) is 0 Å². The number of amides is 5. The van der Waals surface area contributed by atoms with Gasteiger partial charge >= 0.3 is 248 Å². The molecule has 0 saturated heterocycles. The molecular weight excluding hydrogens is 987 g/mol. The third-order valence-electron chi connectivity index (χ3n) is 15.1. The Hall–Kier alpha value is -2.09. The molecule has 0 unspecified atom stereocenters. The van der Waals surface area contributed by atoms with Crippen molar-refractivity contribution in [3.8, 4) is 0 Å². The zero-order valence-electron chi connectivity index (χ0n) is 48.9. The monoisotopic (exact) mass is 1100 g/mol. The van der Waals surface area contributed by atoms with Gasteiger partial charge in [-0.1, -0.05) is 6.42 Å². The Bertz CT molecular complexity index is 1370. The molecule has 5 amide bonds. The third-order valence-corrected chi connectivity index (χ3v) is 22.8. The molecule has 0 aromatic heterocycles. The fourth-order valence-electron chi connectivity index (χ4n) is 10.0. The fourth-order valence-corrected chi connectivity index (χ4v) is 16.9. The second-order valence-corrected chi connectivity index (χ2v) is 30.5. The van der Waals surface area contributed by atoms with Crippen LogP contribution >= 0.6 is 17.2 Å². The van der Waals surface area contributed by atoms with E-state index in [1.165, 1.54) is 199 Å². The maximum atomic E-state index is 12.4. The Labute approximate surface area is 464 Å². The van der Waals surface area contributed by atoms with Crippen LogP contribution in [0.25, 0.3) is 0 Å². The van der Waals surface area contributed by atoms with Gasteiger partial charge in [-0.2, -0.15) is 0 Å². The minimum atomic E-state index is -2.24. The molecule has 0 rings (SSSR count). The minimum Gasteiger partial charge on any atom is -0.356 e. The SMILES string of the molecule is CCCCCCCCP(Cl)(CCCCCCCC)(CCCCCCCC)CCCCCCCCCCNCCCCCN(O)C(=O)CCC(=O)NCCCCCN(O)C(=O)CCC(=O)NCCCCCN(O)C(C)=O. The van der Waals surface area contributed by atoms with Crippen LogP contribution in [-0.2, 0) is 24.0 Å². The summed E-state index contributed by atoms with van der Waals surface area (Å²) >= 11 is 8.24. The van der Waals surface area contributed by atoms with Gasteiger partial charge in [0.2, 0.25) is 29.5 Å². The van der Waals surface area contributed by atoms with Crippen molar-refractivity contribution in [2.24, 2.45) is 0 Å². The summed E-state index contributed by atoms with van der Waals surface area (Å²) in [5.74, 6) is -4.22. The van der Waals surface area contributed by atoms with Gasteiger partial charge in [0.25, 0.3) is 0 Å². The number of hydrogen-bond acceptors (Lipinski definition) is 9. The molecular formula is C59H118ClN6O8P. The minimum absolute atomic E-state index is 0.00932. The molecule has 14 nitrogen and oxygen atoms in total. The number of unbranched alkanes of at least 4 members (excludes halogenated alkanes) is 28. The van der Waals surface area contributed by atoms with Gasteiger partial charge in [0.15, 0.2) is 0 Å². The van der Waals surface area contributed by atoms with E-state index in [9.17, 15) is 39.6 Å². The molecule has 75 heavy (non-hydrogen) atoms. The molecule has 16 heteroatoms. The van der Waals surface area contributed by atoms with Crippen LogP contribution < -0.4 is 16.0 Å². The second kappa shape index (κ2) is 50.2. The van der Waals surface area contributed by atoms with Gasteiger partial charge in [-0.05, 0) is 51.4 Å². The van der Waals surface area contributed by atoms with E-state index in [0.717, 1.165) is 37.4 Å². The Balaban J connectivity index is 4.13. The molecule has 444 valence electrons. The Morgan fingerprint density at radius 2 is 0.627 bits per heavy atom. The van der Waals surface area contributed by atoms with E-state index in [-0.39, 0.29) is 57.1 Å². The number of carbonyl (C=O) groups is 5. The molecule has 0 fully saturated rings. The Morgan fingerprint density at radius 1 is 0.360 bits per heavy atom. The molecule has 0 aliphatic carbocycles. The first kappa shape index (κ1) is 72.9. The zero-order valence-corrected chi connectivity index (χ0v) is 50.6. The van der Waals surface area contributed by atoms with Crippen molar-refractivity contribution in [2.45, 2.75) is 278 Å². The van der Waals surface area contributed by atoms with Crippen molar-refractivity contribution in [1.82, 2.24) is 31.1 Å². The average Bonchev–Trinajstić information content (AvgIpc) is 3.39. The molecule has 0 aliphatic heterocycles. The van der Waals surface area contributed by atoms with E-state index in [0.29, 0.717) is 61.7 Å². The first-order chi connectivity index (χ1) is 36.2. The number of nitrogens with zero attached hydrogens (tertiary/aromatic N) is 3. The first-order valence-electron chi connectivity index (χ1n) is 31.1. The average molecular weight is 1110 g/mol. The van der Waals surface area contributed by atoms with Gasteiger partial charge in [-0.25, -0.2) is 15.2 Å². The van der Waals surface area contributed by atoms with E-state index in [1.54, 1.807) is 0 Å². The quantitative estimate of drug-likeness (QED) is 0.0149. The standard InChI is InChI=1S/C59H118ClN6O8P/c1-5-8-11-14-22-36-51-75(60,52-37-23-15-12-9-6-2,53-38-24-16-13-10-7-3)54-39-25-20-18-17-19-21-29-44-61-45-30-26-34-49-65(73)58(70)42-40-57(69)63-47-32-28-35-50-66(74)59(71)43-41-56(68)62-46-31-27-33-48-64(72)55(4)67/h61,72-74H,5-54H2,1-4H3,(H,62,68)(H,63,69). The predicted molar refractivity (Wildman–Crippen MR) is 314 cm³/mol. The van der Waals surface area contributed by atoms with Crippen LogP contribution in [0.1, 0.15) is 278 Å². The van der Waals surface area contributed by atoms with Crippen molar-refractivity contribution in [2.75, 3.05) is 70.5 Å². The number of nitrogens with one attached hydrogen (secondary N) is 3. The maximum absolute atomic E-state index is 12.4. The number of halogens is 1. The Kier molecular flexibility index (Phi) is 48.8. The first-order valence-corrected chi connectivity index (χ1v) is 35.0. The predicted octanol–water partition coefficient (Wildman–Crippen LogP) is 14.5. The fraction of sp³-hybridized carbons (Fsp3) is 0.915. The summed E-state index contributed by atoms with van der Waals surface area (Å²) in [4.78, 5) is 59.8. The van der Waals surface area contributed by atoms with Gasteiger partial charge in [-0.3, -0.25) is 39.6 Å². The van der Waals surface area contributed by atoms with Gasteiger partial charge in [-0.15, -0.1) is 0 Å². The van der Waals surface area contributed by atoms with Crippen LogP contribution in [0.15, 0.2) is 0 Å². The van der Waals surface area contributed by atoms with Crippen LogP contribution in [0.3, 0.4) is 0 Å². The summed E-state index contributed by atoms with van der Waals surface area (Å²) in [6, 6.07) is 0. The molecule has 0 radical (unpaired) electrons. The van der Waals surface area contributed by atoms with Crippen LogP contribution in [0.4, 0.5) is 0 Å². The molecule has 0 saturated carbocycles. The summed E-state index contributed by atoms with van der Waals surface area (Å²) in [6.45, 7) is 11.6. The van der Waals surface area contributed by atoms with Crippen LogP contribution in [0.5, 0.6) is 0 Å². The number of hydroxylamine groups is 6. The van der Waals surface area contributed by atoms with Gasteiger partial charge < -0.3 is 10.6 Å². The van der Waals surface area contributed by atoms with Crippen molar-refractivity contribution in [3.63, 3.8) is 0 Å². The number of rotatable bonds is 56. The Morgan fingerprint density at radius 3 is 0.947 bits per heavy atom. The van der Waals surface area contributed by atoms with Crippen LogP contribution in [-0.4, -0.2) is 131 Å². The summed E-state index contributed by atoms with van der Waals surface area (Å²) < 4.78 is 0. The van der Waals surface area contributed by atoms with Crippen LogP contribution in [0, 0.1) is 0 Å². The van der Waals surface area contributed by atoms with E-state index >= 15 is 0 Å². The second-order valence-electron chi connectivity index (χ2n) is 22.2. The van der Waals surface area contributed by atoms with Crippen LogP contribution in [0.2, 0.25) is 0 Å². The molecule has 0 aliphatic rings. The van der Waals surface area contributed by atoms with Crippen molar-refractivity contribution >= 4 is 46.7 Å². The molecule has 0 spiro atoms. The zero-order chi connectivity index (χ0) is 55.5. The van der Waals surface area contributed by atoms with Crippen molar-refractivity contribution in [3.05, 3.63) is 0 Å². The normalized spacial score (nSPS) is 12.1. The molecule has 6 N–H and O–H groups in total. The smallest absolute Gasteiger partial charge is 0.356 e. The molecule has 0 bridgehead atoms. The number of hydrogen-bond donors (Lipinski definition) is 6.